The number of nitrogens with one attached hydrogen (secondary N) is 2. The minimum absolute atomic E-state index is 0.151. The number of rotatable bonds is 5. The lowest BCUT2D eigenvalue weighted by Crippen LogP contribution is -2.25. The number of hydrogen-bond donors (Lipinski definition) is 2. The van der Waals surface area contributed by atoms with E-state index in [0.717, 1.165) is 16.8 Å². The fourth-order valence-corrected chi connectivity index (χ4v) is 3.44. The number of amides is 2. The van der Waals surface area contributed by atoms with Crippen LogP contribution >= 0.6 is 11.6 Å². The van der Waals surface area contributed by atoms with Crippen molar-refractivity contribution in [2.75, 3.05) is 24.3 Å². The molecule has 0 radical (unpaired) electrons. The van der Waals surface area contributed by atoms with Crippen LogP contribution in [0, 0.1) is 0 Å². The fraction of sp³-hybridized carbons (Fsp3) is 0.120. The number of anilines is 2. The van der Waals surface area contributed by atoms with E-state index in [4.69, 9.17) is 16.3 Å². The Kier molecular flexibility index (Phi) is 6.14. The quantitative estimate of drug-likeness (QED) is 0.556. The van der Waals surface area contributed by atoms with Gasteiger partial charge in [0.2, 0.25) is 0 Å². The molecule has 1 aliphatic heterocycles. The van der Waals surface area contributed by atoms with Gasteiger partial charge in [0.25, 0.3) is 11.8 Å². The largest absolute Gasteiger partial charge is 0.449 e. The zero-order valence-corrected chi connectivity index (χ0v) is 18.4. The van der Waals surface area contributed by atoms with Crippen LogP contribution in [0.4, 0.5) is 11.4 Å². The summed E-state index contributed by atoms with van der Waals surface area (Å²) in [6, 6.07) is 20.0. The lowest BCUT2D eigenvalue weighted by molar-refractivity contribution is -0.115. The second-order valence-electron chi connectivity index (χ2n) is 7.57. The van der Waals surface area contributed by atoms with Gasteiger partial charge in [-0.2, -0.15) is 0 Å². The van der Waals surface area contributed by atoms with Gasteiger partial charge in [-0.25, -0.2) is 0 Å². The molecular weight excluding hydrogens is 426 g/mol. The van der Waals surface area contributed by atoms with Crippen LogP contribution in [0.15, 0.2) is 72.5 Å². The van der Waals surface area contributed by atoms with Gasteiger partial charge in [0.1, 0.15) is 0 Å². The molecule has 2 N–H and O–H groups in total. The molecule has 0 bridgehead atoms. The maximum Gasteiger partial charge on any atom is 0.291 e. The van der Waals surface area contributed by atoms with E-state index < -0.39 is 5.91 Å². The van der Waals surface area contributed by atoms with E-state index in [0.29, 0.717) is 28.6 Å². The molecule has 1 heterocycles. The SMILES string of the molecule is CN(C)c1ccc(CNC(=O)c2ccc3c(c2)NC(=O)/C(=C/c2cccc(Cl)c2)O3)cc1. The molecule has 0 aromatic heterocycles. The summed E-state index contributed by atoms with van der Waals surface area (Å²) in [6.45, 7) is 0.402. The highest BCUT2D eigenvalue weighted by Gasteiger charge is 2.23. The van der Waals surface area contributed by atoms with Crippen LogP contribution < -0.4 is 20.3 Å². The molecule has 7 heteroatoms. The number of hydrogen-bond acceptors (Lipinski definition) is 4. The minimum atomic E-state index is -0.393. The normalized spacial score (nSPS) is 13.7. The fourth-order valence-electron chi connectivity index (χ4n) is 3.25. The first-order valence-electron chi connectivity index (χ1n) is 10.0. The zero-order chi connectivity index (χ0) is 22.7. The zero-order valence-electron chi connectivity index (χ0n) is 17.7. The second-order valence-corrected chi connectivity index (χ2v) is 8.01. The Balaban J connectivity index is 1.44. The molecule has 0 fully saturated rings. The third-order valence-corrected chi connectivity index (χ3v) is 5.22. The molecule has 0 spiro atoms. The van der Waals surface area contributed by atoms with Crippen LogP contribution in [-0.4, -0.2) is 25.9 Å². The number of carbonyl (C=O) groups is 2. The van der Waals surface area contributed by atoms with Crippen molar-refractivity contribution in [3.05, 3.63) is 94.2 Å². The Hall–Kier alpha value is -3.77. The van der Waals surface area contributed by atoms with E-state index in [2.05, 4.69) is 10.6 Å². The van der Waals surface area contributed by atoms with E-state index in [-0.39, 0.29) is 11.7 Å². The van der Waals surface area contributed by atoms with Gasteiger partial charge in [0.05, 0.1) is 5.69 Å². The first kappa shape index (κ1) is 21.5. The summed E-state index contributed by atoms with van der Waals surface area (Å²) in [5, 5.41) is 6.25. The molecule has 0 atom stereocenters. The first-order chi connectivity index (χ1) is 15.4. The van der Waals surface area contributed by atoms with E-state index >= 15 is 0 Å². The van der Waals surface area contributed by atoms with Gasteiger partial charge in [0.15, 0.2) is 11.5 Å². The van der Waals surface area contributed by atoms with Gasteiger partial charge < -0.3 is 20.3 Å². The van der Waals surface area contributed by atoms with Crippen LogP contribution in [0.25, 0.3) is 6.08 Å². The highest BCUT2D eigenvalue weighted by molar-refractivity contribution is 6.30. The summed E-state index contributed by atoms with van der Waals surface area (Å²) in [7, 11) is 3.96. The average molecular weight is 448 g/mol. The van der Waals surface area contributed by atoms with Crippen molar-refractivity contribution in [2.24, 2.45) is 0 Å². The second kappa shape index (κ2) is 9.16. The highest BCUT2D eigenvalue weighted by atomic mass is 35.5. The van der Waals surface area contributed by atoms with Crippen molar-refractivity contribution >= 4 is 40.9 Å². The lowest BCUT2D eigenvalue weighted by atomic mass is 10.1. The topological polar surface area (TPSA) is 70.7 Å². The molecule has 3 aromatic carbocycles. The third kappa shape index (κ3) is 4.92. The van der Waals surface area contributed by atoms with Crippen molar-refractivity contribution < 1.29 is 14.3 Å². The predicted octanol–water partition coefficient (Wildman–Crippen LogP) is 4.71. The standard InChI is InChI=1S/C25H22ClN3O3/c1-29(2)20-9-6-16(7-10-20)15-27-24(30)18-8-11-22-21(14-18)28-25(31)23(32-22)13-17-4-3-5-19(26)12-17/h3-14H,15H2,1-2H3,(H,27,30)(H,28,31)/b23-13-. The van der Waals surface area contributed by atoms with Crippen LogP contribution in [0.2, 0.25) is 5.02 Å². The third-order valence-electron chi connectivity index (χ3n) is 4.99. The number of halogens is 1. The maximum absolute atomic E-state index is 12.6. The Labute approximate surface area is 191 Å². The van der Waals surface area contributed by atoms with E-state index in [1.165, 1.54) is 0 Å². The summed E-state index contributed by atoms with van der Waals surface area (Å²) in [5.74, 6) is -0.0122. The summed E-state index contributed by atoms with van der Waals surface area (Å²) in [6.07, 6.45) is 1.62. The average Bonchev–Trinajstić information content (AvgIpc) is 2.78. The van der Waals surface area contributed by atoms with Crippen LogP contribution in [-0.2, 0) is 11.3 Å². The molecular formula is C25H22ClN3O3. The summed E-state index contributed by atoms with van der Waals surface area (Å²) in [5.41, 5.74) is 3.71. The molecule has 6 nitrogen and oxygen atoms in total. The molecule has 32 heavy (non-hydrogen) atoms. The van der Waals surface area contributed by atoms with Crippen LogP contribution in [0.3, 0.4) is 0 Å². The molecule has 0 aliphatic carbocycles. The van der Waals surface area contributed by atoms with Gasteiger partial charge >= 0.3 is 0 Å². The van der Waals surface area contributed by atoms with Crippen molar-refractivity contribution in [2.45, 2.75) is 6.54 Å². The van der Waals surface area contributed by atoms with Crippen molar-refractivity contribution in [3.63, 3.8) is 0 Å². The lowest BCUT2D eigenvalue weighted by Gasteiger charge is -2.20. The molecule has 4 rings (SSSR count). The first-order valence-corrected chi connectivity index (χ1v) is 10.4. The Bertz CT molecular complexity index is 1200. The number of carbonyl (C=O) groups excluding carboxylic acids is 2. The number of ether oxygens (including phenoxy) is 1. The molecule has 162 valence electrons. The van der Waals surface area contributed by atoms with E-state index in [1.807, 2.05) is 49.3 Å². The van der Waals surface area contributed by atoms with Crippen molar-refractivity contribution in [3.8, 4) is 5.75 Å². The van der Waals surface area contributed by atoms with Crippen molar-refractivity contribution in [1.82, 2.24) is 5.32 Å². The van der Waals surface area contributed by atoms with Gasteiger partial charge in [-0.05, 0) is 59.7 Å². The van der Waals surface area contributed by atoms with Crippen LogP contribution in [0.5, 0.6) is 5.75 Å². The minimum Gasteiger partial charge on any atom is -0.449 e. The Morgan fingerprint density at radius 2 is 1.88 bits per heavy atom. The summed E-state index contributed by atoms with van der Waals surface area (Å²) >= 11 is 6.00. The highest BCUT2D eigenvalue weighted by Crippen LogP contribution is 2.32. The molecule has 2 amide bonds. The molecule has 0 saturated heterocycles. The Morgan fingerprint density at radius 3 is 2.59 bits per heavy atom. The monoisotopic (exact) mass is 447 g/mol. The van der Waals surface area contributed by atoms with E-state index in [1.54, 1.807) is 42.5 Å². The summed E-state index contributed by atoms with van der Waals surface area (Å²) < 4.78 is 5.75. The summed E-state index contributed by atoms with van der Waals surface area (Å²) in [4.78, 5) is 27.1. The van der Waals surface area contributed by atoms with Crippen LogP contribution in [0.1, 0.15) is 21.5 Å². The number of nitrogens with zero attached hydrogens (tertiary/aromatic N) is 1. The molecule has 0 saturated carbocycles. The molecule has 3 aromatic rings. The van der Waals surface area contributed by atoms with Gasteiger partial charge in [-0.15, -0.1) is 0 Å². The number of benzene rings is 3. The van der Waals surface area contributed by atoms with Gasteiger partial charge in [0, 0.05) is 36.9 Å². The van der Waals surface area contributed by atoms with E-state index in [9.17, 15) is 9.59 Å². The smallest absolute Gasteiger partial charge is 0.291 e. The maximum atomic E-state index is 12.6. The van der Waals surface area contributed by atoms with Gasteiger partial charge in [-0.1, -0.05) is 35.9 Å². The van der Waals surface area contributed by atoms with Gasteiger partial charge in [-0.3, -0.25) is 9.59 Å². The number of fused-ring (bicyclic) bond motifs is 1. The van der Waals surface area contributed by atoms with Crippen molar-refractivity contribution in [1.29, 1.82) is 0 Å². The molecule has 1 aliphatic rings. The predicted molar refractivity (Wildman–Crippen MR) is 127 cm³/mol. The Morgan fingerprint density at radius 1 is 1.09 bits per heavy atom. The molecule has 0 unspecified atom stereocenters.